The normalized spacial score (nSPS) is 23.8. The number of likely N-dealkylation sites (N-methyl/N-ethyl adjacent to an activating group) is 1. The molecular formula is C29H31Cl2N5O4. The van der Waals surface area contributed by atoms with Crippen LogP contribution in [-0.2, 0) is 9.59 Å². The van der Waals surface area contributed by atoms with Crippen molar-refractivity contribution in [2.45, 2.75) is 44.1 Å². The lowest BCUT2D eigenvalue weighted by molar-refractivity contribution is -0.142. The van der Waals surface area contributed by atoms with Crippen LogP contribution in [0.2, 0.25) is 10.0 Å². The van der Waals surface area contributed by atoms with Crippen molar-refractivity contribution >= 4 is 41.0 Å². The zero-order valence-corrected chi connectivity index (χ0v) is 24.0. The number of nitrogens with zero attached hydrogens (tertiary/aromatic N) is 4. The summed E-state index contributed by atoms with van der Waals surface area (Å²) >= 11 is 12.6. The number of hydrogen-bond acceptors (Lipinski definition) is 7. The van der Waals surface area contributed by atoms with E-state index in [2.05, 4.69) is 10.3 Å². The van der Waals surface area contributed by atoms with E-state index in [4.69, 9.17) is 27.9 Å². The number of Topliss-reactive ketones (excluding diaryl/α,β-unsaturated/α-hetero) is 1. The maximum atomic E-state index is 14.5. The highest BCUT2D eigenvalue weighted by Crippen LogP contribution is 2.47. The summed E-state index contributed by atoms with van der Waals surface area (Å²) in [4.78, 5) is 48.2. The summed E-state index contributed by atoms with van der Waals surface area (Å²) in [6.07, 6.45) is 3.50. The molecule has 2 saturated heterocycles. The Morgan fingerprint density at radius 3 is 2.55 bits per heavy atom. The highest BCUT2D eigenvalue weighted by atomic mass is 35.5. The van der Waals surface area contributed by atoms with Crippen LogP contribution in [0.4, 0.5) is 4.79 Å². The fraction of sp³-hybridized carbons (Fsp3) is 0.483. The number of carbonyl (C=O) groups excluding carboxylic acids is 3. The Morgan fingerprint density at radius 2 is 1.90 bits per heavy atom. The van der Waals surface area contributed by atoms with Crippen LogP contribution >= 0.6 is 23.2 Å². The number of amides is 2. The van der Waals surface area contributed by atoms with Gasteiger partial charge in [-0.1, -0.05) is 36.2 Å². The van der Waals surface area contributed by atoms with Gasteiger partial charge in [-0.15, -0.1) is 0 Å². The van der Waals surface area contributed by atoms with E-state index in [0.717, 1.165) is 18.4 Å². The van der Waals surface area contributed by atoms with Crippen LogP contribution in [-0.4, -0.2) is 71.3 Å². The Morgan fingerprint density at radius 1 is 1.18 bits per heavy atom. The molecule has 3 fully saturated rings. The molecule has 0 bridgehead atoms. The Balaban J connectivity index is 1.46. The van der Waals surface area contributed by atoms with Gasteiger partial charge in [-0.25, -0.2) is 9.78 Å². The van der Waals surface area contributed by atoms with Crippen LogP contribution < -0.4 is 10.1 Å². The molecule has 1 saturated carbocycles. The van der Waals surface area contributed by atoms with Gasteiger partial charge in [0.2, 0.25) is 5.91 Å². The zero-order valence-electron chi connectivity index (χ0n) is 22.5. The lowest BCUT2D eigenvalue weighted by Crippen LogP contribution is -2.62. The minimum Gasteiger partial charge on any atom is -0.407 e. The highest BCUT2D eigenvalue weighted by Gasteiger charge is 2.57. The summed E-state index contributed by atoms with van der Waals surface area (Å²) in [5.41, 5.74) is -0.828. The second kappa shape index (κ2) is 11.0. The molecule has 2 aromatic rings. The predicted molar refractivity (Wildman–Crippen MR) is 149 cm³/mol. The van der Waals surface area contributed by atoms with Crippen LogP contribution in [0.3, 0.4) is 0 Å². The third-order valence-electron chi connectivity index (χ3n) is 8.71. The number of nitriles is 1. The maximum Gasteiger partial charge on any atom is 0.415 e. The van der Waals surface area contributed by atoms with Gasteiger partial charge in [-0.2, -0.15) is 5.26 Å². The molecule has 40 heavy (non-hydrogen) atoms. The molecule has 0 unspecified atom stereocenters. The molecule has 2 atom stereocenters. The van der Waals surface area contributed by atoms with Crippen molar-refractivity contribution in [1.82, 2.24) is 20.1 Å². The number of benzene rings is 1. The second-order valence-corrected chi connectivity index (χ2v) is 12.0. The molecule has 1 N–H and O–H groups in total. The number of pyridine rings is 1. The van der Waals surface area contributed by atoms with E-state index in [1.54, 1.807) is 25.2 Å². The fourth-order valence-electron chi connectivity index (χ4n) is 5.96. The van der Waals surface area contributed by atoms with Gasteiger partial charge in [0.25, 0.3) is 0 Å². The summed E-state index contributed by atoms with van der Waals surface area (Å²) < 4.78 is 5.62. The largest absolute Gasteiger partial charge is 0.415 e. The SMILES string of the molecule is CN(C(=O)Oc1cccnc1C#N)[C@]1(C(=O)C2CCN(C(=O)C3(C)CC3)CC2)CNC[C@H]1c1ccc(Cl)c(Cl)c1. The van der Waals surface area contributed by atoms with E-state index in [1.165, 1.54) is 17.2 Å². The van der Waals surface area contributed by atoms with Gasteiger partial charge in [0.1, 0.15) is 11.6 Å². The van der Waals surface area contributed by atoms with E-state index in [9.17, 15) is 19.6 Å². The first-order valence-electron chi connectivity index (χ1n) is 13.4. The standard InChI is InChI=1S/C29H31Cl2N5O4/c1-28(9-10-28)26(38)36-12-7-18(8-13-36)25(37)29(17-33-16-20(29)19-5-6-21(30)22(31)14-19)35(2)27(39)40-24-4-3-11-34-23(24)15-32/h3-6,11,14,18,20,33H,7-10,12-13,16-17H2,1-2H3/t20-,29+/m0/s1. The van der Waals surface area contributed by atoms with Gasteiger partial charge in [-0.3, -0.25) is 14.5 Å². The number of nitrogens with one attached hydrogen (secondary N) is 1. The van der Waals surface area contributed by atoms with Gasteiger partial charge in [-0.05, 0) is 55.5 Å². The molecule has 3 heterocycles. The van der Waals surface area contributed by atoms with Gasteiger partial charge in [0.15, 0.2) is 17.2 Å². The molecule has 0 radical (unpaired) electrons. The first kappa shape index (κ1) is 28.3. The quantitative estimate of drug-likeness (QED) is 0.535. The fourth-order valence-corrected chi connectivity index (χ4v) is 6.27. The Kier molecular flexibility index (Phi) is 7.79. The minimum absolute atomic E-state index is 0.0156. The van der Waals surface area contributed by atoms with E-state index in [-0.39, 0.29) is 41.0 Å². The number of rotatable bonds is 6. The molecule has 9 nitrogen and oxygen atoms in total. The number of aromatic nitrogens is 1. The van der Waals surface area contributed by atoms with Gasteiger partial charge >= 0.3 is 6.09 Å². The Labute approximate surface area is 243 Å². The first-order chi connectivity index (χ1) is 19.1. The van der Waals surface area contributed by atoms with Crippen molar-refractivity contribution in [3.63, 3.8) is 0 Å². The smallest absolute Gasteiger partial charge is 0.407 e. The molecule has 1 aliphatic carbocycles. The third-order valence-corrected chi connectivity index (χ3v) is 9.45. The van der Waals surface area contributed by atoms with Crippen LogP contribution in [0.1, 0.15) is 49.8 Å². The molecule has 3 aliphatic rings. The van der Waals surface area contributed by atoms with E-state index >= 15 is 0 Å². The number of ether oxygens (including phenoxy) is 1. The molecule has 1 aromatic carbocycles. The van der Waals surface area contributed by atoms with Crippen LogP contribution in [0.15, 0.2) is 36.5 Å². The molecule has 2 aliphatic heterocycles. The van der Waals surface area contributed by atoms with Crippen molar-refractivity contribution in [2.75, 3.05) is 33.2 Å². The number of hydrogen-bond donors (Lipinski definition) is 1. The van der Waals surface area contributed by atoms with E-state index in [1.807, 2.05) is 24.0 Å². The van der Waals surface area contributed by atoms with Crippen molar-refractivity contribution in [2.24, 2.45) is 11.3 Å². The van der Waals surface area contributed by atoms with Crippen LogP contribution in [0, 0.1) is 22.7 Å². The summed E-state index contributed by atoms with van der Waals surface area (Å²) in [7, 11) is 1.55. The average molecular weight is 585 g/mol. The zero-order chi connectivity index (χ0) is 28.7. The molecule has 0 spiro atoms. The summed E-state index contributed by atoms with van der Waals surface area (Å²) in [6.45, 7) is 3.63. The van der Waals surface area contributed by atoms with E-state index in [0.29, 0.717) is 42.5 Å². The van der Waals surface area contributed by atoms with E-state index < -0.39 is 17.6 Å². The van der Waals surface area contributed by atoms with Crippen LogP contribution in [0.25, 0.3) is 0 Å². The van der Waals surface area contributed by atoms with Gasteiger partial charge in [0, 0.05) is 56.7 Å². The average Bonchev–Trinajstić information content (AvgIpc) is 3.56. The van der Waals surface area contributed by atoms with Gasteiger partial charge < -0.3 is 15.0 Å². The molecule has 2 amide bonds. The lowest BCUT2D eigenvalue weighted by Gasteiger charge is -2.44. The van der Waals surface area contributed by atoms with Crippen molar-refractivity contribution in [3.05, 3.63) is 57.8 Å². The molecule has 1 aromatic heterocycles. The minimum atomic E-state index is -1.30. The summed E-state index contributed by atoms with van der Waals surface area (Å²) in [5, 5.41) is 13.5. The van der Waals surface area contributed by atoms with Gasteiger partial charge in [0.05, 0.1) is 10.0 Å². The van der Waals surface area contributed by atoms with Crippen LogP contribution in [0.5, 0.6) is 5.75 Å². The number of halogens is 2. The number of piperidine rings is 1. The number of likely N-dealkylation sites (tertiary alicyclic amines) is 1. The molecule has 210 valence electrons. The monoisotopic (exact) mass is 583 g/mol. The third kappa shape index (κ3) is 5.05. The van der Waals surface area contributed by atoms with Crippen molar-refractivity contribution in [1.29, 1.82) is 5.26 Å². The molecule has 11 heteroatoms. The van der Waals surface area contributed by atoms with Crippen molar-refractivity contribution in [3.8, 4) is 11.8 Å². The Bertz CT molecular complexity index is 1380. The highest BCUT2D eigenvalue weighted by molar-refractivity contribution is 6.42. The predicted octanol–water partition coefficient (Wildman–Crippen LogP) is 4.42. The second-order valence-electron chi connectivity index (χ2n) is 11.2. The summed E-state index contributed by atoms with van der Waals surface area (Å²) in [6, 6.07) is 10.2. The lowest BCUT2D eigenvalue weighted by atomic mass is 9.72. The molecular weight excluding hydrogens is 553 g/mol. The topological polar surface area (TPSA) is 116 Å². The first-order valence-corrected chi connectivity index (χ1v) is 14.2. The molecule has 5 rings (SSSR count). The maximum absolute atomic E-state index is 14.5. The summed E-state index contributed by atoms with van der Waals surface area (Å²) in [5.74, 6) is -0.715. The number of carbonyl (C=O) groups is 3. The Hall–Kier alpha value is -3.19. The number of ketones is 1. The van der Waals surface area contributed by atoms with Crippen molar-refractivity contribution < 1.29 is 19.1 Å².